The summed E-state index contributed by atoms with van der Waals surface area (Å²) < 4.78 is 6.62. The van der Waals surface area contributed by atoms with Crippen molar-refractivity contribution < 1.29 is 9.53 Å². The molecule has 4 nitrogen and oxygen atoms in total. The van der Waals surface area contributed by atoms with Gasteiger partial charge in [-0.3, -0.25) is 4.79 Å². The minimum Gasteiger partial charge on any atom is -0.481 e. The minimum atomic E-state index is -0.476. The second-order valence-corrected chi connectivity index (χ2v) is 5.66. The molecule has 104 valence electrons. The van der Waals surface area contributed by atoms with Gasteiger partial charge in [-0.2, -0.15) is 0 Å². The molecule has 0 aromatic heterocycles. The number of piperidine rings is 1. The first kappa shape index (κ1) is 14.3. The van der Waals surface area contributed by atoms with Crippen LogP contribution >= 0.6 is 15.9 Å². The Hall–Kier alpha value is -1.07. The van der Waals surface area contributed by atoms with E-state index in [0.717, 1.165) is 30.4 Å². The second kappa shape index (κ2) is 6.91. The first-order chi connectivity index (χ1) is 9.15. The molecule has 1 atom stereocenters. The van der Waals surface area contributed by atoms with Crippen molar-refractivity contribution in [2.24, 2.45) is 0 Å². The van der Waals surface area contributed by atoms with Gasteiger partial charge in [-0.15, -0.1) is 0 Å². The summed E-state index contributed by atoms with van der Waals surface area (Å²) >= 11 is 3.37. The zero-order valence-corrected chi connectivity index (χ0v) is 12.6. The molecule has 1 aromatic carbocycles. The normalized spacial score (nSPS) is 17.8. The third-order valence-electron chi connectivity index (χ3n) is 3.18. The van der Waals surface area contributed by atoms with E-state index in [4.69, 9.17) is 4.74 Å². The van der Waals surface area contributed by atoms with E-state index in [1.807, 2.05) is 24.3 Å². The maximum absolute atomic E-state index is 12.0. The van der Waals surface area contributed by atoms with Gasteiger partial charge in [0.1, 0.15) is 5.75 Å². The number of rotatable bonds is 4. The van der Waals surface area contributed by atoms with Crippen molar-refractivity contribution in [3.8, 4) is 5.75 Å². The summed E-state index contributed by atoms with van der Waals surface area (Å²) in [5.74, 6) is 0.658. The Kier molecular flexibility index (Phi) is 5.22. The molecule has 0 radical (unpaired) electrons. The summed E-state index contributed by atoms with van der Waals surface area (Å²) in [6, 6.07) is 7.75. The summed E-state index contributed by atoms with van der Waals surface area (Å²) in [5.41, 5.74) is 0. The van der Waals surface area contributed by atoms with Crippen LogP contribution in [0.15, 0.2) is 28.7 Å². The second-order valence-electron chi connectivity index (χ2n) is 4.75. The molecule has 1 saturated heterocycles. The molecule has 0 saturated carbocycles. The largest absolute Gasteiger partial charge is 0.481 e. The maximum atomic E-state index is 12.0. The van der Waals surface area contributed by atoms with Crippen LogP contribution in [0.4, 0.5) is 0 Å². The van der Waals surface area contributed by atoms with Crippen molar-refractivity contribution in [1.82, 2.24) is 10.6 Å². The quantitative estimate of drug-likeness (QED) is 0.890. The van der Waals surface area contributed by atoms with Crippen LogP contribution in [-0.4, -0.2) is 31.1 Å². The molecular weight excluding hydrogens is 308 g/mol. The van der Waals surface area contributed by atoms with Crippen LogP contribution in [0, 0.1) is 0 Å². The van der Waals surface area contributed by atoms with Crippen LogP contribution < -0.4 is 15.4 Å². The third kappa shape index (κ3) is 4.51. The number of hydrogen-bond donors (Lipinski definition) is 2. The molecule has 1 amide bonds. The number of halogens is 1. The Morgan fingerprint density at radius 1 is 1.37 bits per heavy atom. The fourth-order valence-electron chi connectivity index (χ4n) is 2.06. The average Bonchev–Trinajstić information content (AvgIpc) is 2.42. The topological polar surface area (TPSA) is 50.4 Å². The number of carbonyl (C=O) groups is 1. The number of nitrogens with one attached hydrogen (secondary N) is 2. The Morgan fingerprint density at radius 2 is 2.00 bits per heavy atom. The fraction of sp³-hybridized carbons (Fsp3) is 0.500. The predicted octanol–water partition coefficient (Wildman–Crippen LogP) is 2.08. The molecule has 2 rings (SSSR count). The van der Waals surface area contributed by atoms with Crippen molar-refractivity contribution in [3.05, 3.63) is 28.7 Å². The first-order valence-corrected chi connectivity index (χ1v) is 7.38. The Morgan fingerprint density at radius 3 is 2.63 bits per heavy atom. The SMILES string of the molecule is CC(Oc1ccc(Br)cc1)C(=O)NC1CCNCC1. The molecule has 0 bridgehead atoms. The average molecular weight is 327 g/mol. The highest BCUT2D eigenvalue weighted by Crippen LogP contribution is 2.17. The van der Waals surface area contributed by atoms with Crippen LogP contribution in [0.1, 0.15) is 19.8 Å². The van der Waals surface area contributed by atoms with Gasteiger partial charge >= 0.3 is 0 Å². The molecule has 1 fully saturated rings. The van der Waals surface area contributed by atoms with Crippen molar-refractivity contribution in [1.29, 1.82) is 0 Å². The van der Waals surface area contributed by atoms with E-state index in [-0.39, 0.29) is 11.9 Å². The summed E-state index contributed by atoms with van der Waals surface area (Å²) in [4.78, 5) is 12.0. The lowest BCUT2D eigenvalue weighted by Gasteiger charge is -2.25. The zero-order chi connectivity index (χ0) is 13.7. The smallest absolute Gasteiger partial charge is 0.260 e. The lowest BCUT2D eigenvalue weighted by atomic mass is 10.1. The zero-order valence-electron chi connectivity index (χ0n) is 11.0. The van der Waals surface area contributed by atoms with Crippen LogP contribution in [-0.2, 0) is 4.79 Å². The van der Waals surface area contributed by atoms with Crippen molar-refractivity contribution in [2.75, 3.05) is 13.1 Å². The lowest BCUT2D eigenvalue weighted by Crippen LogP contribution is -2.46. The van der Waals surface area contributed by atoms with Gasteiger partial charge < -0.3 is 15.4 Å². The summed E-state index contributed by atoms with van der Waals surface area (Å²) in [5, 5.41) is 6.31. The fourth-order valence-corrected chi connectivity index (χ4v) is 2.32. The highest BCUT2D eigenvalue weighted by Gasteiger charge is 2.20. The Balaban J connectivity index is 1.83. The number of amides is 1. The first-order valence-electron chi connectivity index (χ1n) is 6.58. The summed E-state index contributed by atoms with van der Waals surface area (Å²) in [6.07, 6.45) is 1.49. The van der Waals surface area contributed by atoms with E-state index >= 15 is 0 Å². The summed E-state index contributed by atoms with van der Waals surface area (Å²) in [7, 11) is 0. The Bertz CT molecular complexity index is 416. The number of carbonyl (C=O) groups excluding carboxylic acids is 1. The molecule has 19 heavy (non-hydrogen) atoms. The molecule has 2 N–H and O–H groups in total. The van der Waals surface area contributed by atoms with Gasteiger partial charge in [0.25, 0.3) is 5.91 Å². The van der Waals surface area contributed by atoms with Crippen LogP contribution in [0.5, 0.6) is 5.75 Å². The molecule has 1 aliphatic heterocycles. The van der Waals surface area contributed by atoms with Crippen molar-refractivity contribution in [3.63, 3.8) is 0 Å². The maximum Gasteiger partial charge on any atom is 0.260 e. The summed E-state index contributed by atoms with van der Waals surface area (Å²) in [6.45, 7) is 3.71. The molecular formula is C14H19BrN2O2. The van der Waals surface area contributed by atoms with Crippen LogP contribution in [0.3, 0.4) is 0 Å². The third-order valence-corrected chi connectivity index (χ3v) is 3.71. The standard InChI is InChI=1S/C14H19BrN2O2/c1-10(19-13-4-2-11(15)3-5-13)14(18)17-12-6-8-16-9-7-12/h2-5,10,12,16H,6-9H2,1H3,(H,17,18). The van der Waals surface area contributed by atoms with Crippen LogP contribution in [0.2, 0.25) is 0 Å². The monoisotopic (exact) mass is 326 g/mol. The van der Waals surface area contributed by atoms with E-state index < -0.39 is 6.10 Å². The molecule has 0 spiro atoms. The van der Waals surface area contributed by atoms with Crippen molar-refractivity contribution >= 4 is 21.8 Å². The van der Waals surface area contributed by atoms with E-state index in [1.165, 1.54) is 0 Å². The van der Waals surface area contributed by atoms with E-state index in [2.05, 4.69) is 26.6 Å². The van der Waals surface area contributed by atoms with E-state index in [9.17, 15) is 4.79 Å². The lowest BCUT2D eigenvalue weighted by molar-refractivity contribution is -0.128. The minimum absolute atomic E-state index is 0.0465. The van der Waals surface area contributed by atoms with Gasteiger partial charge in [-0.05, 0) is 57.1 Å². The van der Waals surface area contributed by atoms with E-state index in [0.29, 0.717) is 5.75 Å². The highest BCUT2D eigenvalue weighted by molar-refractivity contribution is 9.10. The van der Waals surface area contributed by atoms with Crippen molar-refractivity contribution in [2.45, 2.75) is 31.9 Å². The Labute approximate surface area is 122 Å². The molecule has 5 heteroatoms. The molecule has 1 heterocycles. The highest BCUT2D eigenvalue weighted by atomic mass is 79.9. The van der Waals surface area contributed by atoms with E-state index in [1.54, 1.807) is 6.92 Å². The molecule has 0 aliphatic carbocycles. The molecule has 1 aromatic rings. The number of benzene rings is 1. The number of ether oxygens (including phenoxy) is 1. The van der Waals surface area contributed by atoms with Gasteiger partial charge in [-0.25, -0.2) is 0 Å². The van der Waals surface area contributed by atoms with Gasteiger partial charge in [0.2, 0.25) is 0 Å². The molecule has 1 aliphatic rings. The van der Waals surface area contributed by atoms with Gasteiger partial charge in [0.05, 0.1) is 0 Å². The molecule has 1 unspecified atom stereocenters. The van der Waals surface area contributed by atoms with Gasteiger partial charge in [-0.1, -0.05) is 15.9 Å². The number of hydrogen-bond acceptors (Lipinski definition) is 3. The van der Waals surface area contributed by atoms with Gasteiger partial charge in [0, 0.05) is 10.5 Å². The van der Waals surface area contributed by atoms with Gasteiger partial charge in [0.15, 0.2) is 6.10 Å². The van der Waals surface area contributed by atoms with Crippen LogP contribution in [0.25, 0.3) is 0 Å². The predicted molar refractivity (Wildman–Crippen MR) is 78.3 cm³/mol.